The number of hydrogen-bond acceptors (Lipinski definition) is 4. The molecule has 0 bridgehead atoms. The summed E-state index contributed by atoms with van der Waals surface area (Å²) in [5, 5.41) is 0. The van der Waals surface area contributed by atoms with E-state index in [2.05, 4.69) is 69.9 Å². The van der Waals surface area contributed by atoms with Crippen LogP contribution in [0.3, 0.4) is 0 Å². The predicted octanol–water partition coefficient (Wildman–Crippen LogP) is 2.08. The Morgan fingerprint density at radius 3 is 2.71 bits per heavy atom. The van der Waals surface area contributed by atoms with Crippen LogP contribution in [0.1, 0.15) is 18.3 Å². The number of nitrogens with zero attached hydrogens (tertiary/aromatic N) is 4. The zero-order valence-electron chi connectivity index (χ0n) is 14.8. The Labute approximate surface area is 144 Å². The van der Waals surface area contributed by atoms with Gasteiger partial charge in [0, 0.05) is 44.6 Å². The van der Waals surface area contributed by atoms with Crippen molar-refractivity contribution < 1.29 is 4.74 Å². The first-order valence-electron chi connectivity index (χ1n) is 8.76. The number of benzene rings is 1. The quantitative estimate of drug-likeness (QED) is 0.779. The minimum absolute atomic E-state index is 0.491. The summed E-state index contributed by atoms with van der Waals surface area (Å²) in [5.41, 5.74) is 1.31. The van der Waals surface area contributed by atoms with Gasteiger partial charge in [-0.2, -0.15) is 0 Å². The van der Waals surface area contributed by atoms with Crippen molar-refractivity contribution in [3.05, 3.63) is 54.1 Å². The molecular formula is C19H28N4O. The largest absolute Gasteiger partial charge is 0.379 e. The van der Waals surface area contributed by atoms with Gasteiger partial charge in [-0.25, -0.2) is 4.98 Å². The van der Waals surface area contributed by atoms with E-state index in [0.717, 1.165) is 51.8 Å². The Hall–Kier alpha value is -1.69. The van der Waals surface area contributed by atoms with Gasteiger partial charge in [0.1, 0.15) is 5.82 Å². The molecule has 1 saturated heterocycles. The number of imidazole rings is 1. The summed E-state index contributed by atoms with van der Waals surface area (Å²) in [5.74, 6) is 1.12. The van der Waals surface area contributed by atoms with Gasteiger partial charge in [0.05, 0.1) is 19.8 Å². The molecule has 2 aromatic rings. The summed E-state index contributed by atoms with van der Waals surface area (Å²) in [6.07, 6.45) is 3.97. The number of rotatable bonds is 7. The molecule has 130 valence electrons. The van der Waals surface area contributed by atoms with Crippen LogP contribution in [0.4, 0.5) is 0 Å². The maximum atomic E-state index is 5.43. The van der Waals surface area contributed by atoms with E-state index in [9.17, 15) is 0 Å². The predicted molar refractivity (Wildman–Crippen MR) is 96.0 cm³/mol. The van der Waals surface area contributed by atoms with Crippen molar-refractivity contribution in [3.8, 4) is 0 Å². The third-order valence-electron chi connectivity index (χ3n) is 4.77. The number of hydrogen-bond donors (Lipinski definition) is 0. The van der Waals surface area contributed by atoms with Gasteiger partial charge in [-0.3, -0.25) is 9.80 Å². The average molecular weight is 328 g/mol. The van der Waals surface area contributed by atoms with E-state index >= 15 is 0 Å². The van der Waals surface area contributed by atoms with Crippen molar-refractivity contribution in [1.29, 1.82) is 0 Å². The van der Waals surface area contributed by atoms with Gasteiger partial charge < -0.3 is 9.30 Å². The Kier molecular flexibility index (Phi) is 6.01. The van der Waals surface area contributed by atoms with E-state index < -0.39 is 0 Å². The first-order valence-corrected chi connectivity index (χ1v) is 8.76. The van der Waals surface area contributed by atoms with Gasteiger partial charge in [-0.05, 0) is 19.5 Å². The molecule has 1 aromatic heterocycles. The molecule has 1 aliphatic rings. The molecule has 1 fully saturated rings. The van der Waals surface area contributed by atoms with Crippen LogP contribution in [0.25, 0.3) is 0 Å². The lowest BCUT2D eigenvalue weighted by atomic mass is 10.2. The normalized spacial score (nSPS) is 17.3. The molecule has 0 radical (unpaired) electrons. The third kappa shape index (κ3) is 4.66. The highest BCUT2D eigenvalue weighted by Crippen LogP contribution is 2.10. The number of likely N-dealkylation sites (N-methyl/N-ethyl adjacent to an activating group) is 1. The monoisotopic (exact) mass is 328 g/mol. The van der Waals surface area contributed by atoms with Crippen LogP contribution in [0.2, 0.25) is 0 Å². The molecule has 0 unspecified atom stereocenters. The summed E-state index contributed by atoms with van der Waals surface area (Å²) < 4.78 is 7.67. The van der Waals surface area contributed by atoms with Crippen LogP contribution >= 0.6 is 0 Å². The van der Waals surface area contributed by atoms with Crippen molar-refractivity contribution in [2.24, 2.45) is 0 Å². The van der Waals surface area contributed by atoms with E-state index in [1.165, 1.54) is 5.56 Å². The smallest absolute Gasteiger partial charge is 0.123 e. The lowest BCUT2D eigenvalue weighted by Crippen LogP contribution is -2.45. The summed E-state index contributed by atoms with van der Waals surface area (Å²) in [7, 11) is 2.19. The van der Waals surface area contributed by atoms with Crippen LogP contribution in [0.5, 0.6) is 0 Å². The summed E-state index contributed by atoms with van der Waals surface area (Å²) in [6, 6.07) is 11.0. The van der Waals surface area contributed by atoms with Crippen molar-refractivity contribution >= 4 is 0 Å². The van der Waals surface area contributed by atoms with Crippen LogP contribution in [-0.2, 0) is 17.8 Å². The molecule has 3 rings (SSSR count). The molecule has 0 N–H and O–H groups in total. The summed E-state index contributed by atoms with van der Waals surface area (Å²) in [4.78, 5) is 9.44. The van der Waals surface area contributed by atoms with Crippen molar-refractivity contribution in [1.82, 2.24) is 19.4 Å². The maximum Gasteiger partial charge on any atom is 0.123 e. The van der Waals surface area contributed by atoms with Gasteiger partial charge in [0.25, 0.3) is 0 Å². The number of morpholine rings is 1. The van der Waals surface area contributed by atoms with Gasteiger partial charge in [-0.15, -0.1) is 0 Å². The van der Waals surface area contributed by atoms with Gasteiger partial charge in [-0.1, -0.05) is 30.3 Å². The summed E-state index contributed by atoms with van der Waals surface area (Å²) >= 11 is 0. The topological polar surface area (TPSA) is 33.5 Å². The Bertz CT molecular complexity index is 607. The van der Waals surface area contributed by atoms with E-state index in [1.807, 2.05) is 6.20 Å². The van der Waals surface area contributed by atoms with Crippen LogP contribution in [-0.4, -0.2) is 65.3 Å². The van der Waals surface area contributed by atoms with Crippen molar-refractivity contribution in [2.75, 3.05) is 39.9 Å². The lowest BCUT2D eigenvalue weighted by Gasteiger charge is -2.33. The SMILES string of the molecule is C[C@H](CN1CCOCC1)N(C)Cc1nccn1Cc1ccccc1. The van der Waals surface area contributed by atoms with E-state index in [1.54, 1.807) is 0 Å². The molecule has 2 heterocycles. The standard InChI is InChI=1S/C19H28N4O/c1-17(14-22-10-12-24-13-11-22)21(2)16-19-20-8-9-23(19)15-18-6-4-3-5-7-18/h3-9,17H,10-16H2,1-2H3/t17-/m1/s1. The fourth-order valence-electron chi connectivity index (χ4n) is 3.09. The summed E-state index contributed by atoms with van der Waals surface area (Å²) in [6.45, 7) is 8.92. The van der Waals surface area contributed by atoms with E-state index in [4.69, 9.17) is 4.74 Å². The Morgan fingerprint density at radius 1 is 1.21 bits per heavy atom. The van der Waals surface area contributed by atoms with Gasteiger partial charge in [0.2, 0.25) is 0 Å². The molecule has 1 aliphatic heterocycles. The second-order valence-corrected chi connectivity index (χ2v) is 6.63. The minimum Gasteiger partial charge on any atom is -0.379 e. The van der Waals surface area contributed by atoms with Crippen molar-refractivity contribution in [3.63, 3.8) is 0 Å². The fraction of sp³-hybridized carbons (Fsp3) is 0.526. The second-order valence-electron chi connectivity index (χ2n) is 6.63. The van der Waals surface area contributed by atoms with Crippen LogP contribution in [0.15, 0.2) is 42.7 Å². The van der Waals surface area contributed by atoms with Crippen LogP contribution in [0, 0.1) is 0 Å². The first kappa shape index (κ1) is 17.1. The molecule has 0 spiro atoms. The maximum absolute atomic E-state index is 5.43. The van der Waals surface area contributed by atoms with Gasteiger partial charge >= 0.3 is 0 Å². The van der Waals surface area contributed by atoms with E-state index in [-0.39, 0.29) is 0 Å². The minimum atomic E-state index is 0.491. The molecule has 0 saturated carbocycles. The third-order valence-corrected chi connectivity index (χ3v) is 4.77. The van der Waals surface area contributed by atoms with Gasteiger partial charge in [0.15, 0.2) is 0 Å². The molecule has 5 heteroatoms. The first-order chi connectivity index (χ1) is 11.7. The van der Waals surface area contributed by atoms with E-state index in [0.29, 0.717) is 6.04 Å². The molecule has 5 nitrogen and oxygen atoms in total. The number of aromatic nitrogens is 2. The van der Waals surface area contributed by atoms with Crippen LogP contribution < -0.4 is 0 Å². The molecule has 1 aromatic carbocycles. The molecule has 0 amide bonds. The number of ether oxygens (including phenoxy) is 1. The Balaban J connectivity index is 1.56. The average Bonchev–Trinajstić information content (AvgIpc) is 3.03. The highest BCUT2D eigenvalue weighted by atomic mass is 16.5. The fourth-order valence-corrected chi connectivity index (χ4v) is 3.09. The highest BCUT2D eigenvalue weighted by molar-refractivity contribution is 5.15. The molecular weight excluding hydrogens is 300 g/mol. The molecule has 24 heavy (non-hydrogen) atoms. The zero-order chi connectivity index (χ0) is 16.8. The highest BCUT2D eigenvalue weighted by Gasteiger charge is 2.18. The zero-order valence-corrected chi connectivity index (χ0v) is 14.8. The molecule has 0 aliphatic carbocycles. The second kappa shape index (κ2) is 8.42. The Morgan fingerprint density at radius 2 is 1.96 bits per heavy atom. The molecule has 1 atom stereocenters. The van der Waals surface area contributed by atoms with Crippen molar-refractivity contribution in [2.45, 2.75) is 26.1 Å². The lowest BCUT2D eigenvalue weighted by molar-refractivity contribution is 0.0259.